The highest BCUT2D eigenvalue weighted by molar-refractivity contribution is 9.10. The van der Waals surface area contributed by atoms with Gasteiger partial charge < -0.3 is 5.32 Å². The lowest BCUT2D eigenvalue weighted by Crippen LogP contribution is -2.27. The maximum absolute atomic E-state index is 12.3. The minimum Gasteiger partial charge on any atom is -0.346 e. The Morgan fingerprint density at radius 3 is 2.35 bits per heavy atom. The Morgan fingerprint density at radius 2 is 1.78 bits per heavy atom. The van der Waals surface area contributed by atoms with E-state index in [0.29, 0.717) is 5.56 Å². The van der Waals surface area contributed by atoms with Gasteiger partial charge in [-0.15, -0.1) is 0 Å². The van der Waals surface area contributed by atoms with Crippen LogP contribution < -0.4 is 10.5 Å². The number of aryl methyl sites for hydroxylation is 1. The van der Waals surface area contributed by atoms with Gasteiger partial charge in [-0.3, -0.25) is 4.79 Å². The number of halogens is 1. The van der Waals surface area contributed by atoms with Crippen LogP contribution in [0, 0.1) is 6.92 Å². The predicted octanol–water partition coefficient (Wildman–Crippen LogP) is 2.90. The largest absolute Gasteiger partial charge is 0.346 e. The van der Waals surface area contributed by atoms with Gasteiger partial charge in [0, 0.05) is 10.0 Å². The summed E-state index contributed by atoms with van der Waals surface area (Å²) < 4.78 is 24.0. The summed E-state index contributed by atoms with van der Waals surface area (Å²) in [5.74, 6) is -0.356. The van der Waals surface area contributed by atoms with E-state index in [1.807, 2.05) is 31.2 Å². The van der Waals surface area contributed by atoms with Crippen LogP contribution in [-0.2, 0) is 10.0 Å². The third-order valence-electron chi connectivity index (χ3n) is 3.47. The molecule has 0 bridgehead atoms. The predicted molar refractivity (Wildman–Crippen MR) is 92.6 cm³/mol. The zero-order valence-electron chi connectivity index (χ0n) is 12.7. The fourth-order valence-electron chi connectivity index (χ4n) is 2.16. The van der Waals surface area contributed by atoms with Crippen LogP contribution >= 0.6 is 15.9 Å². The quantitative estimate of drug-likeness (QED) is 0.832. The molecule has 0 aliphatic heterocycles. The van der Waals surface area contributed by atoms with Gasteiger partial charge in [0.25, 0.3) is 5.91 Å². The van der Waals surface area contributed by atoms with E-state index in [9.17, 15) is 13.2 Å². The number of carbonyl (C=O) groups is 1. The fraction of sp³-hybridized carbons (Fsp3) is 0.188. The summed E-state index contributed by atoms with van der Waals surface area (Å²) >= 11 is 3.36. The number of amides is 1. The SMILES string of the molecule is Cc1ccc(C(=O)N[C@H](C)c2ccc(Br)cc2)cc1S(N)(=O)=O. The first-order valence-corrected chi connectivity index (χ1v) is 9.22. The van der Waals surface area contributed by atoms with Gasteiger partial charge in [0.05, 0.1) is 10.9 Å². The molecule has 2 aromatic rings. The molecular weight excluding hydrogens is 380 g/mol. The van der Waals surface area contributed by atoms with Gasteiger partial charge in [-0.1, -0.05) is 34.1 Å². The van der Waals surface area contributed by atoms with Crippen LogP contribution in [0.25, 0.3) is 0 Å². The van der Waals surface area contributed by atoms with E-state index in [2.05, 4.69) is 21.2 Å². The Labute approximate surface area is 144 Å². The number of benzene rings is 2. The zero-order valence-corrected chi connectivity index (χ0v) is 15.1. The first kappa shape index (κ1) is 17.7. The number of carbonyl (C=O) groups excluding carboxylic acids is 1. The monoisotopic (exact) mass is 396 g/mol. The molecule has 1 atom stereocenters. The highest BCUT2D eigenvalue weighted by atomic mass is 79.9. The highest BCUT2D eigenvalue weighted by Gasteiger charge is 2.16. The van der Waals surface area contributed by atoms with Gasteiger partial charge in [-0.25, -0.2) is 13.6 Å². The molecular formula is C16H17BrN2O3S. The van der Waals surface area contributed by atoms with Gasteiger partial charge in [0.1, 0.15) is 0 Å². The van der Waals surface area contributed by atoms with E-state index < -0.39 is 10.0 Å². The van der Waals surface area contributed by atoms with Crippen LogP contribution in [0.3, 0.4) is 0 Å². The minimum atomic E-state index is -3.86. The van der Waals surface area contributed by atoms with Crippen molar-refractivity contribution in [3.05, 3.63) is 63.6 Å². The molecule has 2 aromatic carbocycles. The summed E-state index contributed by atoms with van der Waals surface area (Å²) in [5, 5.41) is 8.01. The molecule has 23 heavy (non-hydrogen) atoms. The van der Waals surface area contributed by atoms with Crippen molar-refractivity contribution in [3.8, 4) is 0 Å². The smallest absolute Gasteiger partial charge is 0.251 e. The van der Waals surface area contributed by atoms with Crippen molar-refractivity contribution in [2.45, 2.75) is 24.8 Å². The molecule has 7 heteroatoms. The molecule has 0 unspecified atom stereocenters. The summed E-state index contributed by atoms with van der Waals surface area (Å²) in [6, 6.07) is 11.8. The standard InChI is InChI=1S/C16H17BrN2O3S/c1-10-3-4-13(9-15(10)23(18,21)22)16(20)19-11(2)12-5-7-14(17)8-6-12/h3-9,11H,1-2H3,(H,19,20)(H2,18,21,22)/t11-/m1/s1. The number of primary sulfonamides is 1. The third kappa shape index (κ3) is 4.40. The number of hydrogen-bond acceptors (Lipinski definition) is 3. The lowest BCUT2D eigenvalue weighted by atomic mass is 10.1. The Balaban J connectivity index is 2.22. The van der Waals surface area contributed by atoms with Gasteiger partial charge in [-0.2, -0.15) is 0 Å². The molecule has 2 rings (SSSR count). The van der Waals surface area contributed by atoms with Crippen molar-refractivity contribution in [1.29, 1.82) is 0 Å². The summed E-state index contributed by atoms with van der Waals surface area (Å²) in [6.07, 6.45) is 0. The molecule has 122 valence electrons. The van der Waals surface area contributed by atoms with Gasteiger partial charge in [0.15, 0.2) is 0 Å². The average Bonchev–Trinajstić information content (AvgIpc) is 2.47. The zero-order chi connectivity index (χ0) is 17.2. The molecule has 0 fully saturated rings. The highest BCUT2D eigenvalue weighted by Crippen LogP contribution is 2.19. The van der Waals surface area contributed by atoms with Gasteiger partial charge in [0.2, 0.25) is 10.0 Å². The van der Waals surface area contributed by atoms with Crippen LogP contribution in [0.4, 0.5) is 0 Å². The summed E-state index contributed by atoms with van der Waals surface area (Å²) in [4.78, 5) is 12.3. The second-order valence-corrected chi connectivity index (χ2v) is 7.72. The Kier molecular flexibility index (Phi) is 5.23. The number of nitrogens with two attached hydrogens (primary N) is 1. The molecule has 0 spiro atoms. The van der Waals surface area contributed by atoms with E-state index in [1.165, 1.54) is 6.07 Å². The topological polar surface area (TPSA) is 89.3 Å². The number of rotatable bonds is 4. The van der Waals surface area contributed by atoms with Crippen molar-refractivity contribution in [2.24, 2.45) is 5.14 Å². The number of sulfonamides is 1. The van der Waals surface area contributed by atoms with Gasteiger partial charge >= 0.3 is 0 Å². The number of nitrogens with one attached hydrogen (secondary N) is 1. The van der Waals surface area contributed by atoms with Crippen LogP contribution in [-0.4, -0.2) is 14.3 Å². The second-order valence-electron chi connectivity index (χ2n) is 5.27. The van der Waals surface area contributed by atoms with Crippen LogP contribution in [0.2, 0.25) is 0 Å². The van der Waals surface area contributed by atoms with Crippen molar-refractivity contribution in [3.63, 3.8) is 0 Å². The molecule has 0 saturated heterocycles. The lowest BCUT2D eigenvalue weighted by Gasteiger charge is -2.15. The maximum atomic E-state index is 12.3. The first-order valence-electron chi connectivity index (χ1n) is 6.88. The van der Waals surface area contributed by atoms with Gasteiger partial charge in [-0.05, 0) is 49.2 Å². The van der Waals surface area contributed by atoms with E-state index in [-0.39, 0.29) is 22.4 Å². The molecule has 1 amide bonds. The van der Waals surface area contributed by atoms with E-state index in [1.54, 1.807) is 19.1 Å². The Morgan fingerprint density at radius 1 is 1.17 bits per heavy atom. The van der Waals surface area contributed by atoms with Crippen molar-refractivity contribution < 1.29 is 13.2 Å². The molecule has 0 aliphatic carbocycles. The molecule has 5 nitrogen and oxygen atoms in total. The van der Waals surface area contributed by atoms with Crippen LogP contribution in [0.5, 0.6) is 0 Å². The molecule has 0 aliphatic rings. The molecule has 0 radical (unpaired) electrons. The summed E-state index contributed by atoms with van der Waals surface area (Å²) in [7, 11) is -3.86. The Hall–Kier alpha value is -1.70. The molecule has 3 N–H and O–H groups in total. The maximum Gasteiger partial charge on any atom is 0.251 e. The minimum absolute atomic E-state index is 0.0403. The third-order valence-corrected chi connectivity index (χ3v) is 5.06. The van der Waals surface area contributed by atoms with E-state index in [0.717, 1.165) is 10.0 Å². The van der Waals surface area contributed by atoms with Crippen molar-refractivity contribution in [2.75, 3.05) is 0 Å². The summed E-state index contributed by atoms with van der Waals surface area (Å²) in [6.45, 7) is 3.49. The van der Waals surface area contributed by atoms with E-state index in [4.69, 9.17) is 5.14 Å². The lowest BCUT2D eigenvalue weighted by molar-refractivity contribution is 0.0939. The normalized spacial score (nSPS) is 12.7. The first-order chi connectivity index (χ1) is 10.7. The second kappa shape index (κ2) is 6.82. The van der Waals surface area contributed by atoms with E-state index >= 15 is 0 Å². The van der Waals surface area contributed by atoms with Crippen molar-refractivity contribution in [1.82, 2.24) is 5.32 Å². The molecule has 0 aromatic heterocycles. The molecule has 0 heterocycles. The Bertz CT molecular complexity index is 833. The molecule has 0 saturated carbocycles. The van der Waals surface area contributed by atoms with Crippen LogP contribution in [0.15, 0.2) is 51.8 Å². The average molecular weight is 397 g/mol. The fourth-order valence-corrected chi connectivity index (χ4v) is 3.24. The van der Waals surface area contributed by atoms with Crippen LogP contribution in [0.1, 0.15) is 34.5 Å². The summed E-state index contributed by atoms with van der Waals surface area (Å²) in [5.41, 5.74) is 1.70. The number of hydrogen-bond donors (Lipinski definition) is 2. The van der Waals surface area contributed by atoms with Crippen molar-refractivity contribution >= 4 is 31.9 Å².